The molecule has 0 radical (unpaired) electrons. The summed E-state index contributed by atoms with van der Waals surface area (Å²) in [6, 6.07) is 0. The van der Waals surface area contributed by atoms with E-state index in [0.717, 1.165) is 25.9 Å². The van der Waals surface area contributed by atoms with Crippen LogP contribution in [0.2, 0.25) is 0 Å². The van der Waals surface area contributed by atoms with E-state index in [1.54, 1.807) is 0 Å². The van der Waals surface area contributed by atoms with E-state index in [4.69, 9.17) is 4.74 Å². The van der Waals surface area contributed by atoms with E-state index in [2.05, 4.69) is 10.6 Å². The van der Waals surface area contributed by atoms with Gasteiger partial charge in [0.25, 0.3) is 0 Å². The van der Waals surface area contributed by atoms with Crippen LogP contribution in [0.3, 0.4) is 0 Å². The number of ether oxygens (including phenoxy) is 1. The lowest BCUT2D eigenvalue weighted by atomic mass is 10.1. The first-order valence-electron chi connectivity index (χ1n) is 7.84. The smallest absolute Gasteiger partial charge is 0.407 e. The summed E-state index contributed by atoms with van der Waals surface area (Å²) in [7, 11) is 0. The largest absolute Gasteiger partial charge is 0.444 e. The van der Waals surface area contributed by atoms with Crippen molar-refractivity contribution in [2.45, 2.75) is 52.1 Å². The van der Waals surface area contributed by atoms with E-state index >= 15 is 0 Å². The van der Waals surface area contributed by atoms with Gasteiger partial charge in [0, 0.05) is 39.1 Å². The molecule has 1 saturated heterocycles. The molecular weight excluding hydrogens is 270 g/mol. The summed E-state index contributed by atoms with van der Waals surface area (Å²) in [4.78, 5) is 25.2. The Labute approximate surface area is 127 Å². The normalized spacial score (nSPS) is 15.7. The number of carbonyl (C=O) groups is 2. The molecule has 0 aliphatic carbocycles. The van der Waals surface area contributed by atoms with E-state index < -0.39 is 11.7 Å². The molecule has 0 unspecified atom stereocenters. The van der Waals surface area contributed by atoms with Crippen LogP contribution in [-0.2, 0) is 9.53 Å². The highest BCUT2D eigenvalue weighted by molar-refractivity contribution is 5.76. The summed E-state index contributed by atoms with van der Waals surface area (Å²) in [5, 5.41) is 5.83. The second kappa shape index (κ2) is 8.87. The Hall–Kier alpha value is -1.30. The molecule has 1 aliphatic rings. The molecule has 2 N–H and O–H groups in total. The number of rotatable bonds is 6. The van der Waals surface area contributed by atoms with Gasteiger partial charge in [-0.2, -0.15) is 0 Å². The number of nitrogens with zero attached hydrogens (tertiary/aromatic N) is 1. The van der Waals surface area contributed by atoms with Crippen LogP contribution in [0.15, 0.2) is 0 Å². The van der Waals surface area contributed by atoms with Gasteiger partial charge < -0.3 is 20.3 Å². The molecule has 122 valence electrons. The fraction of sp³-hybridized carbons (Fsp3) is 0.867. The highest BCUT2D eigenvalue weighted by Crippen LogP contribution is 2.09. The van der Waals surface area contributed by atoms with Gasteiger partial charge in [0.05, 0.1) is 0 Å². The van der Waals surface area contributed by atoms with Crippen LogP contribution in [0.1, 0.15) is 46.5 Å². The minimum Gasteiger partial charge on any atom is -0.444 e. The SMILES string of the molecule is CC(C)(C)OC(=O)NCCNCCC(=O)N1CCCCC1. The summed E-state index contributed by atoms with van der Waals surface area (Å²) < 4.78 is 5.12. The molecule has 0 atom stereocenters. The molecule has 1 rings (SSSR count). The maximum absolute atomic E-state index is 11.9. The predicted molar refractivity (Wildman–Crippen MR) is 82.2 cm³/mol. The Bertz CT molecular complexity index is 334. The molecule has 0 bridgehead atoms. The lowest BCUT2D eigenvalue weighted by Crippen LogP contribution is -2.39. The minimum atomic E-state index is -0.474. The van der Waals surface area contributed by atoms with Crippen LogP contribution in [0, 0.1) is 0 Å². The van der Waals surface area contributed by atoms with E-state index in [1.165, 1.54) is 6.42 Å². The van der Waals surface area contributed by atoms with Crippen LogP contribution in [-0.4, -0.2) is 55.2 Å². The molecule has 0 spiro atoms. The third-order valence-electron chi connectivity index (χ3n) is 3.19. The van der Waals surface area contributed by atoms with Gasteiger partial charge in [-0.1, -0.05) is 0 Å². The zero-order valence-electron chi connectivity index (χ0n) is 13.5. The zero-order chi connectivity index (χ0) is 15.7. The van der Waals surface area contributed by atoms with Gasteiger partial charge >= 0.3 is 6.09 Å². The van der Waals surface area contributed by atoms with Crippen LogP contribution < -0.4 is 10.6 Å². The number of likely N-dealkylation sites (tertiary alicyclic amines) is 1. The van der Waals surface area contributed by atoms with Crippen molar-refractivity contribution in [3.8, 4) is 0 Å². The van der Waals surface area contributed by atoms with Crippen molar-refractivity contribution in [2.75, 3.05) is 32.7 Å². The minimum absolute atomic E-state index is 0.224. The van der Waals surface area contributed by atoms with Crippen molar-refractivity contribution < 1.29 is 14.3 Å². The second-order valence-corrected chi connectivity index (χ2v) is 6.37. The van der Waals surface area contributed by atoms with Crippen LogP contribution >= 0.6 is 0 Å². The first kappa shape index (κ1) is 17.8. The fourth-order valence-corrected chi connectivity index (χ4v) is 2.19. The predicted octanol–water partition coefficient (Wildman–Crippen LogP) is 1.50. The number of alkyl carbamates (subject to hydrolysis) is 1. The molecule has 0 aromatic carbocycles. The Kier molecular flexibility index (Phi) is 7.50. The van der Waals surface area contributed by atoms with Crippen LogP contribution in [0.25, 0.3) is 0 Å². The van der Waals surface area contributed by atoms with Crippen molar-refractivity contribution in [3.05, 3.63) is 0 Å². The van der Waals surface area contributed by atoms with Gasteiger partial charge in [0.1, 0.15) is 5.60 Å². The van der Waals surface area contributed by atoms with Gasteiger partial charge in [-0.15, -0.1) is 0 Å². The number of amides is 2. The number of hydrogen-bond acceptors (Lipinski definition) is 4. The quantitative estimate of drug-likeness (QED) is 0.729. The average molecular weight is 299 g/mol. The Morgan fingerprint density at radius 3 is 2.33 bits per heavy atom. The molecule has 0 aromatic heterocycles. The van der Waals surface area contributed by atoms with Crippen LogP contribution in [0.4, 0.5) is 4.79 Å². The van der Waals surface area contributed by atoms with Crippen LogP contribution in [0.5, 0.6) is 0 Å². The lowest BCUT2D eigenvalue weighted by Gasteiger charge is -2.26. The standard InChI is InChI=1S/C15H29N3O3/c1-15(2,3)21-14(20)17-10-9-16-8-7-13(19)18-11-5-4-6-12-18/h16H,4-12H2,1-3H3,(H,17,20). The molecule has 21 heavy (non-hydrogen) atoms. The summed E-state index contributed by atoms with van der Waals surface area (Å²) >= 11 is 0. The van der Waals surface area contributed by atoms with Crippen molar-refractivity contribution >= 4 is 12.0 Å². The third kappa shape index (κ3) is 8.55. The number of nitrogens with one attached hydrogen (secondary N) is 2. The maximum atomic E-state index is 11.9. The zero-order valence-corrected chi connectivity index (χ0v) is 13.5. The molecule has 2 amide bonds. The third-order valence-corrected chi connectivity index (χ3v) is 3.19. The molecule has 0 saturated carbocycles. The monoisotopic (exact) mass is 299 g/mol. The number of piperidine rings is 1. The molecular formula is C15H29N3O3. The topological polar surface area (TPSA) is 70.7 Å². The highest BCUT2D eigenvalue weighted by atomic mass is 16.6. The van der Waals surface area contributed by atoms with E-state index in [-0.39, 0.29) is 5.91 Å². The summed E-state index contributed by atoms with van der Waals surface area (Å²) in [5.74, 6) is 0.224. The molecule has 6 nitrogen and oxygen atoms in total. The Morgan fingerprint density at radius 2 is 1.71 bits per heavy atom. The number of carbonyl (C=O) groups excluding carboxylic acids is 2. The average Bonchev–Trinajstić information content (AvgIpc) is 2.41. The van der Waals surface area contributed by atoms with Gasteiger partial charge in [0.15, 0.2) is 0 Å². The van der Waals surface area contributed by atoms with Gasteiger partial charge in [-0.25, -0.2) is 4.79 Å². The molecule has 1 heterocycles. The van der Waals surface area contributed by atoms with Crippen molar-refractivity contribution in [1.82, 2.24) is 15.5 Å². The summed E-state index contributed by atoms with van der Waals surface area (Å²) in [6.07, 6.45) is 3.59. The van der Waals surface area contributed by atoms with Gasteiger partial charge in [-0.3, -0.25) is 4.79 Å². The van der Waals surface area contributed by atoms with Crippen molar-refractivity contribution in [1.29, 1.82) is 0 Å². The van der Waals surface area contributed by atoms with Crippen molar-refractivity contribution in [3.63, 3.8) is 0 Å². The van der Waals surface area contributed by atoms with E-state index in [1.807, 2.05) is 25.7 Å². The maximum Gasteiger partial charge on any atom is 0.407 e. The molecule has 1 aliphatic heterocycles. The summed E-state index contributed by atoms with van der Waals surface area (Å²) in [5.41, 5.74) is -0.474. The van der Waals surface area contributed by atoms with E-state index in [0.29, 0.717) is 26.1 Å². The Morgan fingerprint density at radius 1 is 1.05 bits per heavy atom. The van der Waals surface area contributed by atoms with E-state index in [9.17, 15) is 9.59 Å². The summed E-state index contributed by atoms with van der Waals surface area (Å²) in [6.45, 7) is 9.06. The van der Waals surface area contributed by atoms with Gasteiger partial charge in [-0.05, 0) is 40.0 Å². The molecule has 1 fully saturated rings. The molecule has 6 heteroatoms. The first-order valence-corrected chi connectivity index (χ1v) is 7.84. The highest BCUT2D eigenvalue weighted by Gasteiger charge is 2.16. The van der Waals surface area contributed by atoms with Crippen molar-refractivity contribution in [2.24, 2.45) is 0 Å². The molecule has 0 aromatic rings. The fourth-order valence-electron chi connectivity index (χ4n) is 2.19. The Balaban J connectivity index is 1.99. The lowest BCUT2D eigenvalue weighted by molar-refractivity contribution is -0.131. The second-order valence-electron chi connectivity index (χ2n) is 6.37. The number of hydrogen-bond donors (Lipinski definition) is 2. The first-order chi connectivity index (χ1) is 9.88. The van der Waals surface area contributed by atoms with Gasteiger partial charge in [0.2, 0.25) is 5.91 Å².